The number of Topliss-reactive ketones (excluding diaryl/α,β-unsaturated/α-hetero) is 1. The van der Waals surface area contributed by atoms with E-state index in [-0.39, 0.29) is 5.78 Å². The van der Waals surface area contributed by atoms with Gasteiger partial charge in [0.05, 0.1) is 23.9 Å². The maximum Gasteiger partial charge on any atom is 0.182 e. The number of aryl methyl sites for hydroxylation is 2. The van der Waals surface area contributed by atoms with E-state index in [1.54, 1.807) is 6.33 Å². The van der Waals surface area contributed by atoms with Gasteiger partial charge in [-0.1, -0.05) is 30.3 Å². The van der Waals surface area contributed by atoms with Gasteiger partial charge in [-0.2, -0.15) is 0 Å². The summed E-state index contributed by atoms with van der Waals surface area (Å²) in [7, 11) is 0. The zero-order chi connectivity index (χ0) is 14.1. The number of benzene rings is 2. The first kappa shape index (κ1) is 12.6. The lowest BCUT2D eigenvalue weighted by atomic mass is 10.1. The number of hydrogen-bond acceptors (Lipinski definition) is 2. The van der Waals surface area contributed by atoms with Crippen molar-refractivity contribution in [1.29, 1.82) is 0 Å². The second-order valence-electron chi connectivity index (χ2n) is 5.09. The number of hydrogen-bond donors (Lipinski definition) is 0. The second kappa shape index (κ2) is 4.93. The highest BCUT2D eigenvalue weighted by atomic mass is 16.1. The van der Waals surface area contributed by atoms with Gasteiger partial charge in [0.1, 0.15) is 0 Å². The average Bonchev–Trinajstić information content (AvgIpc) is 2.83. The molecule has 20 heavy (non-hydrogen) atoms. The summed E-state index contributed by atoms with van der Waals surface area (Å²) < 4.78 is 1.91. The predicted octanol–water partition coefficient (Wildman–Crippen LogP) is 3.54. The van der Waals surface area contributed by atoms with E-state index >= 15 is 0 Å². The van der Waals surface area contributed by atoms with Gasteiger partial charge in [0.15, 0.2) is 5.78 Å². The molecule has 0 fully saturated rings. The molecule has 0 saturated carbocycles. The van der Waals surface area contributed by atoms with Crippen LogP contribution in [0.25, 0.3) is 11.0 Å². The molecule has 0 saturated heterocycles. The largest absolute Gasteiger partial charge is 0.323 e. The highest BCUT2D eigenvalue weighted by Crippen LogP contribution is 2.18. The number of fused-ring (bicyclic) bond motifs is 1. The molecule has 1 aromatic heterocycles. The molecule has 0 N–H and O–H groups in total. The molecule has 100 valence electrons. The van der Waals surface area contributed by atoms with Crippen LogP contribution in [-0.4, -0.2) is 15.3 Å². The fraction of sp³-hybridized carbons (Fsp3) is 0.176. The molecular formula is C17H16N2O. The SMILES string of the molecule is Cc1cc2ncn(CC(=O)c3ccccc3)c2cc1C. The minimum atomic E-state index is 0.100. The molecule has 0 amide bonds. The van der Waals surface area contributed by atoms with Crippen LogP contribution in [0.5, 0.6) is 0 Å². The third-order valence-corrected chi connectivity index (χ3v) is 3.65. The van der Waals surface area contributed by atoms with Crippen molar-refractivity contribution in [3.63, 3.8) is 0 Å². The summed E-state index contributed by atoms with van der Waals surface area (Å²) in [5, 5.41) is 0. The quantitative estimate of drug-likeness (QED) is 0.678. The van der Waals surface area contributed by atoms with E-state index < -0.39 is 0 Å². The average molecular weight is 264 g/mol. The Balaban J connectivity index is 1.96. The van der Waals surface area contributed by atoms with Gasteiger partial charge in [-0.05, 0) is 37.1 Å². The van der Waals surface area contributed by atoms with Crippen molar-refractivity contribution >= 4 is 16.8 Å². The molecule has 0 unspecified atom stereocenters. The van der Waals surface area contributed by atoms with Crippen molar-refractivity contribution in [1.82, 2.24) is 9.55 Å². The third-order valence-electron chi connectivity index (χ3n) is 3.65. The van der Waals surface area contributed by atoms with Crippen molar-refractivity contribution in [2.75, 3.05) is 0 Å². The minimum Gasteiger partial charge on any atom is -0.323 e. The number of carbonyl (C=O) groups excluding carboxylic acids is 1. The molecule has 0 bridgehead atoms. The Morgan fingerprint density at radius 1 is 1.10 bits per heavy atom. The van der Waals surface area contributed by atoms with E-state index in [4.69, 9.17) is 0 Å². The van der Waals surface area contributed by atoms with Crippen LogP contribution in [0.4, 0.5) is 0 Å². The maximum atomic E-state index is 12.3. The Labute approximate surface area is 117 Å². The van der Waals surface area contributed by atoms with Gasteiger partial charge in [-0.25, -0.2) is 4.98 Å². The fourth-order valence-corrected chi connectivity index (χ4v) is 2.31. The van der Waals surface area contributed by atoms with Crippen LogP contribution < -0.4 is 0 Å². The van der Waals surface area contributed by atoms with Crippen LogP contribution in [0, 0.1) is 13.8 Å². The third kappa shape index (κ3) is 2.23. The maximum absolute atomic E-state index is 12.3. The Morgan fingerprint density at radius 3 is 2.55 bits per heavy atom. The summed E-state index contributed by atoms with van der Waals surface area (Å²) in [6, 6.07) is 13.5. The van der Waals surface area contributed by atoms with Crippen LogP contribution >= 0.6 is 0 Å². The normalized spacial score (nSPS) is 10.9. The van der Waals surface area contributed by atoms with Gasteiger partial charge in [-0.3, -0.25) is 4.79 Å². The van der Waals surface area contributed by atoms with Crippen molar-refractivity contribution < 1.29 is 4.79 Å². The van der Waals surface area contributed by atoms with Crippen LogP contribution in [0.2, 0.25) is 0 Å². The molecule has 0 radical (unpaired) electrons. The molecule has 0 spiro atoms. The first-order valence-electron chi connectivity index (χ1n) is 6.65. The zero-order valence-corrected chi connectivity index (χ0v) is 11.6. The number of imidazole rings is 1. The lowest BCUT2D eigenvalue weighted by Gasteiger charge is -2.05. The van der Waals surface area contributed by atoms with Crippen molar-refractivity contribution in [3.05, 3.63) is 65.5 Å². The molecule has 3 rings (SSSR count). The molecular weight excluding hydrogens is 248 g/mol. The van der Waals surface area contributed by atoms with Gasteiger partial charge in [0.2, 0.25) is 0 Å². The lowest BCUT2D eigenvalue weighted by Crippen LogP contribution is -2.09. The van der Waals surface area contributed by atoms with Gasteiger partial charge in [0, 0.05) is 5.56 Å². The molecule has 3 nitrogen and oxygen atoms in total. The second-order valence-corrected chi connectivity index (χ2v) is 5.09. The molecule has 0 aliphatic carbocycles. The van der Waals surface area contributed by atoms with Gasteiger partial charge >= 0.3 is 0 Å². The van der Waals surface area contributed by atoms with Crippen LogP contribution in [0.1, 0.15) is 21.5 Å². The van der Waals surface area contributed by atoms with Crippen LogP contribution in [-0.2, 0) is 6.54 Å². The Kier molecular flexibility index (Phi) is 3.11. The summed E-state index contributed by atoms with van der Waals surface area (Å²) in [4.78, 5) is 16.6. The standard InChI is InChI=1S/C17H16N2O/c1-12-8-15-16(9-13(12)2)19(11-18-15)10-17(20)14-6-4-3-5-7-14/h3-9,11H,10H2,1-2H3. The smallest absolute Gasteiger partial charge is 0.182 e. The van der Waals surface area contributed by atoms with Gasteiger partial charge < -0.3 is 4.57 Å². The molecule has 0 aliphatic rings. The monoisotopic (exact) mass is 264 g/mol. The molecule has 3 heteroatoms. The molecule has 2 aromatic carbocycles. The summed E-state index contributed by atoms with van der Waals surface area (Å²) in [6.07, 6.45) is 1.74. The molecule has 0 aliphatic heterocycles. The summed E-state index contributed by atoms with van der Waals surface area (Å²) in [6.45, 7) is 4.47. The van der Waals surface area contributed by atoms with Crippen molar-refractivity contribution in [3.8, 4) is 0 Å². The Bertz CT molecular complexity index is 772. The summed E-state index contributed by atoms with van der Waals surface area (Å²) in [5.74, 6) is 0.100. The highest BCUT2D eigenvalue weighted by molar-refractivity contribution is 5.96. The highest BCUT2D eigenvalue weighted by Gasteiger charge is 2.10. The number of carbonyl (C=O) groups is 1. The van der Waals surface area contributed by atoms with E-state index in [9.17, 15) is 4.79 Å². The Morgan fingerprint density at radius 2 is 1.80 bits per heavy atom. The number of ketones is 1. The van der Waals surface area contributed by atoms with Gasteiger partial charge in [0.25, 0.3) is 0 Å². The number of aromatic nitrogens is 2. The molecule has 0 atom stereocenters. The first-order chi connectivity index (χ1) is 9.65. The minimum absolute atomic E-state index is 0.100. The van der Waals surface area contributed by atoms with Crippen LogP contribution in [0.3, 0.4) is 0 Å². The van der Waals surface area contributed by atoms with Crippen molar-refractivity contribution in [2.45, 2.75) is 20.4 Å². The van der Waals surface area contributed by atoms with E-state index in [1.165, 1.54) is 11.1 Å². The predicted molar refractivity (Wildman–Crippen MR) is 80.0 cm³/mol. The lowest BCUT2D eigenvalue weighted by molar-refractivity contribution is 0.0973. The summed E-state index contributed by atoms with van der Waals surface area (Å²) >= 11 is 0. The topological polar surface area (TPSA) is 34.9 Å². The molecule has 3 aromatic rings. The van der Waals surface area contributed by atoms with E-state index in [2.05, 4.69) is 31.0 Å². The molecule has 1 heterocycles. The van der Waals surface area contributed by atoms with E-state index in [0.717, 1.165) is 16.6 Å². The zero-order valence-electron chi connectivity index (χ0n) is 11.6. The summed E-state index contributed by atoms with van der Waals surface area (Å²) in [5.41, 5.74) is 5.12. The number of nitrogens with zero attached hydrogens (tertiary/aromatic N) is 2. The fourth-order valence-electron chi connectivity index (χ4n) is 2.31. The van der Waals surface area contributed by atoms with Crippen LogP contribution in [0.15, 0.2) is 48.8 Å². The van der Waals surface area contributed by atoms with E-state index in [1.807, 2.05) is 34.9 Å². The first-order valence-corrected chi connectivity index (χ1v) is 6.65. The number of rotatable bonds is 3. The Hall–Kier alpha value is -2.42. The van der Waals surface area contributed by atoms with Gasteiger partial charge in [-0.15, -0.1) is 0 Å². The van der Waals surface area contributed by atoms with E-state index in [0.29, 0.717) is 6.54 Å². The van der Waals surface area contributed by atoms with Crippen molar-refractivity contribution in [2.24, 2.45) is 0 Å².